The summed E-state index contributed by atoms with van der Waals surface area (Å²) in [7, 11) is 0. The number of esters is 1. The van der Waals surface area contributed by atoms with E-state index in [4.69, 9.17) is 16.3 Å². The summed E-state index contributed by atoms with van der Waals surface area (Å²) in [6.45, 7) is 4.18. The molecular formula is C19H18ClNO3. The Balaban J connectivity index is 1.80. The van der Waals surface area contributed by atoms with E-state index in [1.807, 2.05) is 12.1 Å². The second kappa shape index (κ2) is 6.65. The van der Waals surface area contributed by atoms with Crippen LogP contribution in [-0.4, -0.2) is 18.0 Å². The highest BCUT2D eigenvalue weighted by molar-refractivity contribution is 6.30. The predicted molar refractivity (Wildman–Crippen MR) is 93.5 cm³/mol. The van der Waals surface area contributed by atoms with Crippen molar-refractivity contribution in [2.45, 2.75) is 32.3 Å². The summed E-state index contributed by atoms with van der Waals surface area (Å²) in [6, 6.07) is 12.5. The number of carbonyl (C=O) groups excluding carboxylic acids is 2. The van der Waals surface area contributed by atoms with Crippen LogP contribution in [0.1, 0.15) is 41.3 Å². The number of fused-ring (bicyclic) bond motifs is 1. The molecule has 0 aromatic heterocycles. The Hall–Kier alpha value is -2.33. The van der Waals surface area contributed by atoms with Crippen LogP contribution < -0.4 is 5.32 Å². The summed E-state index contributed by atoms with van der Waals surface area (Å²) in [6.07, 6.45) is -0.472. The van der Waals surface area contributed by atoms with E-state index in [2.05, 4.69) is 19.2 Å². The zero-order valence-corrected chi connectivity index (χ0v) is 14.3. The van der Waals surface area contributed by atoms with Crippen LogP contribution in [0.15, 0.2) is 42.5 Å². The third-order valence-electron chi connectivity index (χ3n) is 4.06. The second-order valence-corrected chi connectivity index (χ2v) is 6.61. The fourth-order valence-electron chi connectivity index (χ4n) is 2.71. The second-order valence-electron chi connectivity index (χ2n) is 6.17. The lowest BCUT2D eigenvalue weighted by Crippen LogP contribution is -2.38. The van der Waals surface area contributed by atoms with Gasteiger partial charge in [-0.3, -0.25) is 4.79 Å². The number of carbonyl (C=O) groups is 2. The van der Waals surface area contributed by atoms with Crippen molar-refractivity contribution in [2.24, 2.45) is 0 Å². The molecule has 1 heterocycles. The first-order chi connectivity index (χ1) is 11.4. The molecular weight excluding hydrogens is 326 g/mol. The van der Waals surface area contributed by atoms with Gasteiger partial charge in [-0.1, -0.05) is 43.6 Å². The number of halogens is 1. The minimum Gasteiger partial charge on any atom is -0.448 e. The van der Waals surface area contributed by atoms with Gasteiger partial charge >= 0.3 is 5.97 Å². The maximum Gasteiger partial charge on any atom is 0.339 e. The van der Waals surface area contributed by atoms with Gasteiger partial charge in [-0.05, 0) is 41.3 Å². The van der Waals surface area contributed by atoms with Gasteiger partial charge in [0, 0.05) is 17.1 Å². The van der Waals surface area contributed by atoms with Crippen molar-refractivity contribution < 1.29 is 14.3 Å². The topological polar surface area (TPSA) is 55.4 Å². The first-order valence-electron chi connectivity index (χ1n) is 7.84. The lowest BCUT2D eigenvalue weighted by molar-refractivity contribution is -0.125. The Morgan fingerprint density at radius 3 is 2.75 bits per heavy atom. The molecule has 5 heteroatoms. The molecule has 1 N–H and O–H groups in total. The smallest absolute Gasteiger partial charge is 0.339 e. The SMILES string of the molecule is CC(C)c1ccc2c(c1)CC(C(=O)Nc1cccc(Cl)c1)OC2=O. The number of benzene rings is 2. The maximum absolute atomic E-state index is 12.4. The van der Waals surface area contributed by atoms with Crippen LogP contribution in [0.5, 0.6) is 0 Å². The molecule has 2 aromatic carbocycles. The standard InChI is InChI=1S/C19H18ClNO3/c1-11(2)12-6-7-16-13(8-12)9-17(24-19(16)23)18(22)21-15-5-3-4-14(20)10-15/h3-8,10-11,17H,9H2,1-2H3,(H,21,22). The third-order valence-corrected chi connectivity index (χ3v) is 4.29. The quantitative estimate of drug-likeness (QED) is 0.850. The first-order valence-corrected chi connectivity index (χ1v) is 8.22. The zero-order valence-electron chi connectivity index (χ0n) is 13.5. The van der Waals surface area contributed by atoms with Gasteiger partial charge in [0.1, 0.15) is 0 Å². The molecule has 0 radical (unpaired) electrons. The van der Waals surface area contributed by atoms with E-state index in [9.17, 15) is 9.59 Å². The van der Waals surface area contributed by atoms with Crippen molar-refractivity contribution in [3.05, 3.63) is 64.2 Å². The van der Waals surface area contributed by atoms with Crippen molar-refractivity contribution in [3.8, 4) is 0 Å². The van der Waals surface area contributed by atoms with Crippen LogP contribution in [0.2, 0.25) is 5.02 Å². The molecule has 0 saturated heterocycles. The van der Waals surface area contributed by atoms with E-state index in [1.165, 1.54) is 0 Å². The van der Waals surface area contributed by atoms with Crippen LogP contribution in [0.4, 0.5) is 5.69 Å². The number of rotatable bonds is 3. The Morgan fingerprint density at radius 1 is 1.25 bits per heavy atom. The van der Waals surface area contributed by atoms with Crippen molar-refractivity contribution in [1.82, 2.24) is 0 Å². The Labute approximate surface area is 145 Å². The van der Waals surface area contributed by atoms with Gasteiger partial charge in [-0.15, -0.1) is 0 Å². The van der Waals surface area contributed by atoms with Gasteiger partial charge in [0.2, 0.25) is 0 Å². The molecule has 2 aromatic rings. The summed E-state index contributed by atoms with van der Waals surface area (Å²) >= 11 is 5.91. The van der Waals surface area contributed by atoms with E-state index < -0.39 is 12.1 Å². The van der Waals surface area contributed by atoms with Gasteiger partial charge in [0.25, 0.3) is 5.91 Å². The van der Waals surface area contributed by atoms with Crippen LogP contribution in [0.3, 0.4) is 0 Å². The fraction of sp³-hybridized carbons (Fsp3) is 0.263. The third kappa shape index (κ3) is 3.44. The normalized spacial score (nSPS) is 16.5. The monoisotopic (exact) mass is 343 g/mol. The summed E-state index contributed by atoms with van der Waals surface area (Å²) in [5.74, 6) is -0.462. The Morgan fingerprint density at radius 2 is 2.04 bits per heavy atom. The molecule has 3 rings (SSSR count). The van der Waals surface area contributed by atoms with E-state index in [0.29, 0.717) is 28.6 Å². The molecule has 0 spiro atoms. The maximum atomic E-state index is 12.4. The molecule has 1 unspecified atom stereocenters. The van der Waals surface area contributed by atoms with E-state index in [-0.39, 0.29) is 5.91 Å². The summed E-state index contributed by atoms with van der Waals surface area (Å²) in [4.78, 5) is 24.6. The predicted octanol–water partition coefficient (Wildman–Crippen LogP) is 4.18. The molecule has 1 amide bonds. The Bertz CT molecular complexity index is 801. The van der Waals surface area contributed by atoms with Crippen LogP contribution in [0, 0.1) is 0 Å². The van der Waals surface area contributed by atoms with Crippen molar-refractivity contribution in [3.63, 3.8) is 0 Å². The molecule has 0 aliphatic carbocycles. The zero-order chi connectivity index (χ0) is 17.3. The minimum absolute atomic E-state index is 0.354. The highest BCUT2D eigenvalue weighted by Crippen LogP contribution is 2.26. The highest BCUT2D eigenvalue weighted by Gasteiger charge is 2.31. The number of cyclic esters (lactones) is 1. The lowest BCUT2D eigenvalue weighted by Gasteiger charge is -2.24. The largest absolute Gasteiger partial charge is 0.448 e. The van der Waals surface area contributed by atoms with Gasteiger partial charge in [-0.2, -0.15) is 0 Å². The fourth-order valence-corrected chi connectivity index (χ4v) is 2.90. The van der Waals surface area contributed by atoms with Crippen LogP contribution >= 0.6 is 11.6 Å². The van der Waals surface area contributed by atoms with Gasteiger partial charge in [0.05, 0.1) is 5.56 Å². The highest BCUT2D eigenvalue weighted by atomic mass is 35.5. The Kier molecular flexibility index (Phi) is 4.58. The number of ether oxygens (including phenoxy) is 1. The van der Waals surface area contributed by atoms with Crippen LogP contribution in [0.25, 0.3) is 0 Å². The van der Waals surface area contributed by atoms with Gasteiger partial charge in [-0.25, -0.2) is 4.79 Å². The summed E-state index contributed by atoms with van der Waals surface area (Å²) < 4.78 is 5.29. The minimum atomic E-state index is -0.841. The molecule has 0 saturated carbocycles. The molecule has 0 fully saturated rings. The average Bonchev–Trinajstić information content (AvgIpc) is 2.54. The number of anilines is 1. The first kappa shape index (κ1) is 16.5. The number of hydrogen-bond donors (Lipinski definition) is 1. The van der Waals surface area contributed by atoms with E-state index >= 15 is 0 Å². The van der Waals surface area contributed by atoms with E-state index in [0.717, 1.165) is 11.1 Å². The summed E-state index contributed by atoms with van der Waals surface area (Å²) in [5.41, 5.74) is 3.10. The number of amides is 1. The molecule has 1 aliphatic heterocycles. The van der Waals surface area contributed by atoms with Crippen molar-refractivity contribution in [2.75, 3.05) is 5.32 Å². The molecule has 24 heavy (non-hydrogen) atoms. The molecule has 124 valence electrons. The molecule has 1 atom stereocenters. The van der Waals surface area contributed by atoms with Gasteiger partial charge in [0.15, 0.2) is 6.10 Å². The van der Waals surface area contributed by atoms with Crippen LogP contribution in [-0.2, 0) is 16.0 Å². The molecule has 4 nitrogen and oxygen atoms in total. The number of hydrogen-bond acceptors (Lipinski definition) is 3. The van der Waals surface area contributed by atoms with Gasteiger partial charge < -0.3 is 10.1 Å². The lowest BCUT2D eigenvalue weighted by atomic mass is 9.92. The summed E-state index contributed by atoms with van der Waals surface area (Å²) in [5, 5.41) is 3.27. The van der Waals surface area contributed by atoms with E-state index in [1.54, 1.807) is 30.3 Å². The molecule has 1 aliphatic rings. The number of nitrogens with one attached hydrogen (secondary N) is 1. The van der Waals surface area contributed by atoms with Crippen molar-refractivity contribution in [1.29, 1.82) is 0 Å². The van der Waals surface area contributed by atoms with Crippen molar-refractivity contribution >= 4 is 29.2 Å². The average molecular weight is 344 g/mol. The molecule has 0 bridgehead atoms.